The van der Waals surface area contributed by atoms with Gasteiger partial charge in [-0.15, -0.1) is 0 Å². The molecule has 2 aromatic carbocycles. The molecule has 1 aliphatic rings. The van der Waals surface area contributed by atoms with Crippen LogP contribution in [0.15, 0.2) is 47.1 Å². The summed E-state index contributed by atoms with van der Waals surface area (Å²) in [5, 5.41) is 11.4. The molecule has 10 nitrogen and oxygen atoms in total. The number of anilines is 2. The third kappa shape index (κ3) is 3.19. The first-order valence-corrected chi connectivity index (χ1v) is 11.8. The summed E-state index contributed by atoms with van der Waals surface area (Å²) in [6.45, 7) is 2.77. The lowest BCUT2D eigenvalue weighted by atomic mass is 10.1. The average molecular weight is 484 g/mol. The van der Waals surface area contributed by atoms with Gasteiger partial charge in [0.15, 0.2) is 11.2 Å². The SMILES string of the molecule is CC(c1nn(CC2CC2)c2cc(F)ccc12)n1nc(-c2ccc3oc(N)nc3c2)c2c(N)ncnc21. The molecule has 180 valence electrons. The van der Waals surface area contributed by atoms with Gasteiger partial charge in [-0.1, -0.05) is 0 Å². The predicted molar refractivity (Wildman–Crippen MR) is 133 cm³/mol. The van der Waals surface area contributed by atoms with Gasteiger partial charge >= 0.3 is 0 Å². The summed E-state index contributed by atoms with van der Waals surface area (Å²) in [7, 11) is 0. The van der Waals surface area contributed by atoms with Gasteiger partial charge < -0.3 is 15.9 Å². The van der Waals surface area contributed by atoms with Crippen LogP contribution in [0.5, 0.6) is 0 Å². The van der Waals surface area contributed by atoms with E-state index < -0.39 is 0 Å². The lowest BCUT2D eigenvalue weighted by Crippen LogP contribution is -2.11. The van der Waals surface area contributed by atoms with Crippen molar-refractivity contribution in [1.29, 1.82) is 0 Å². The fourth-order valence-corrected chi connectivity index (χ4v) is 4.84. The quantitative estimate of drug-likeness (QED) is 0.370. The molecule has 4 heterocycles. The Kier molecular flexibility index (Phi) is 4.32. The molecule has 1 fully saturated rings. The van der Waals surface area contributed by atoms with E-state index in [0.29, 0.717) is 39.6 Å². The second-order valence-electron chi connectivity index (χ2n) is 9.33. The number of aromatic nitrogens is 7. The minimum Gasteiger partial charge on any atom is -0.424 e. The number of benzene rings is 2. The third-order valence-corrected chi connectivity index (χ3v) is 6.83. The van der Waals surface area contributed by atoms with Gasteiger partial charge in [0, 0.05) is 17.5 Å². The first kappa shape index (κ1) is 20.8. The molecule has 0 aliphatic heterocycles. The molecular formula is C25H22FN9O. The van der Waals surface area contributed by atoms with Gasteiger partial charge in [-0.25, -0.2) is 19.0 Å². The number of halogens is 1. The molecule has 0 saturated heterocycles. The van der Waals surface area contributed by atoms with Crippen LogP contribution in [-0.4, -0.2) is 34.5 Å². The van der Waals surface area contributed by atoms with E-state index in [9.17, 15) is 4.39 Å². The number of nitrogen functional groups attached to an aromatic ring is 2. The van der Waals surface area contributed by atoms with Crippen LogP contribution in [0, 0.1) is 11.7 Å². The number of fused-ring (bicyclic) bond motifs is 3. The summed E-state index contributed by atoms with van der Waals surface area (Å²) in [4.78, 5) is 13.0. The highest BCUT2D eigenvalue weighted by atomic mass is 19.1. The molecule has 4 N–H and O–H groups in total. The molecule has 4 aromatic heterocycles. The van der Waals surface area contributed by atoms with Crippen molar-refractivity contribution in [3.63, 3.8) is 0 Å². The highest BCUT2D eigenvalue weighted by molar-refractivity contribution is 5.99. The van der Waals surface area contributed by atoms with Crippen molar-refractivity contribution in [3.8, 4) is 11.3 Å². The van der Waals surface area contributed by atoms with Gasteiger partial charge in [0.1, 0.15) is 29.2 Å². The largest absolute Gasteiger partial charge is 0.424 e. The van der Waals surface area contributed by atoms with Crippen LogP contribution in [0.3, 0.4) is 0 Å². The molecule has 0 bridgehead atoms. The van der Waals surface area contributed by atoms with E-state index >= 15 is 0 Å². The summed E-state index contributed by atoms with van der Waals surface area (Å²) >= 11 is 0. The van der Waals surface area contributed by atoms with Gasteiger partial charge in [-0.3, -0.25) is 4.68 Å². The number of hydrogen-bond donors (Lipinski definition) is 2. The Morgan fingerprint density at radius 3 is 2.81 bits per heavy atom. The molecule has 0 amide bonds. The lowest BCUT2D eigenvalue weighted by molar-refractivity contribution is 0.529. The van der Waals surface area contributed by atoms with Crippen molar-refractivity contribution < 1.29 is 8.81 Å². The van der Waals surface area contributed by atoms with Crippen molar-refractivity contribution in [2.24, 2.45) is 5.92 Å². The zero-order valence-corrected chi connectivity index (χ0v) is 19.4. The van der Waals surface area contributed by atoms with Crippen LogP contribution in [-0.2, 0) is 6.54 Å². The molecule has 7 rings (SSSR count). The van der Waals surface area contributed by atoms with Crippen LogP contribution >= 0.6 is 0 Å². The van der Waals surface area contributed by atoms with E-state index in [1.165, 1.54) is 25.2 Å². The highest BCUT2D eigenvalue weighted by Crippen LogP contribution is 2.37. The van der Waals surface area contributed by atoms with Crippen molar-refractivity contribution in [1.82, 2.24) is 34.5 Å². The fraction of sp³-hybridized carbons (Fsp3) is 0.240. The van der Waals surface area contributed by atoms with Gasteiger partial charge in [0.2, 0.25) is 0 Å². The van der Waals surface area contributed by atoms with Crippen LogP contribution in [0.1, 0.15) is 31.5 Å². The molecule has 1 aliphatic carbocycles. The molecule has 36 heavy (non-hydrogen) atoms. The van der Waals surface area contributed by atoms with E-state index in [-0.39, 0.29) is 17.9 Å². The Hall–Kier alpha value is -4.54. The maximum absolute atomic E-state index is 14.2. The lowest BCUT2D eigenvalue weighted by Gasteiger charge is -2.11. The standard InChI is InChI=1S/C25H22FN9O/c1-12(21-16-6-5-15(26)9-18(16)34(32-21)10-13-2-3-13)35-24-20(23(27)29-11-30-24)22(33-35)14-4-7-19-17(8-14)31-25(28)36-19/h4-9,11-13H,2-3,10H2,1H3,(H2,28,31)(H2,27,29,30). The Labute approximate surface area is 203 Å². The maximum Gasteiger partial charge on any atom is 0.292 e. The van der Waals surface area contributed by atoms with Gasteiger partial charge in [0.25, 0.3) is 6.01 Å². The highest BCUT2D eigenvalue weighted by Gasteiger charge is 2.27. The Bertz CT molecular complexity index is 1800. The molecular weight excluding hydrogens is 461 g/mol. The molecule has 1 atom stereocenters. The van der Waals surface area contributed by atoms with Crippen LogP contribution in [0.2, 0.25) is 0 Å². The van der Waals surface area contributed by atoms with Crippen molar-refractivity contribution in [3.05, 3.63) is 54.2 Å². The first-order valence-electron chi connectivity index (χ1n) is 11.8. The first-order chi connectivity index (χ1) is 17.5. The van der Waals surface area contributed by atoms with Crippen LogP contribution < -0.4 is 11.5 Å². The Morgan fingerprint density at radius 2 is 1.97 bits per heavy atom. The zero-order valence-electron chi connectivity index (χ0n) is 19.4. The summed E-state index contributed by atoms with van der Waals surface area (Å²) < 4.78 is 23.3. The number of nitrogens with zero attached hydrogens (tertiary/aromatic N) is 7. The van der Waals surface area contributed by atoms with Crippen LogP contribution in [0.25, 0.3) is 44.3 Å². The van der Waals surface area contributed by atoms with E-state index in [2.05, 4.69) is 15.0 Å². The predicted octanol–water partition coefficient (Wildman–Crippen LogP) is 4.31. The Balaban J connectivity index is 1.41. The minimum absolute atomic E-state index is 0.0964. The second kappa shape index (κ2) is 7.48. The summed E-state index contributed by atoms with van der Waals surface area (Å²) in [6, 6.07) is 10.1. The summed E-state index contributed by atoms with van der Waals surface area (Å²) in [5.74, 6) is 0.624. The second-order valence-corrected chi connectivity index (χ2v) is 9.33. The smallest absolute Gasteiger partial charge is 0.292 e. The molecule has 1 saturated carbocycles. The number of rotatable bonds is 5. The van der Waals surface area contributed by atoms with E-state index in [1.807, 2.05) is 23.7 Å². The topological polar surface area (TPSA) is 139 Å². The fourth-order valence-electron chi connectivity index (χ4n) is 4.84. The maximum atomic E-state index is 14.2. The molecule has 0 radical (unpaired) electrons. The average Bonchev–Trinajstić information content (AvgIpc) is 3.31. The third-order valence-electron chi connectivity index (χ3n) is 6.83. The molecule has 6 aromatic rings. The monoisotopic (exact) mass is 483 g/mol. The Morgan fingerprint density at radius 1 is 1.11 bits per heavy atom. The summed E-state index contributed by atoms with van der Waals surface area (Å²) in [5.41, 5.74) is 16.8. The normalized spacial score (nSPS) is 14.8. The molecule has 11 heteroatoms. The number of hydrogen-bond acceptors (Lipinski definition) is 8. The van der Waals surface area contributed by atoms with E-state index in [4.69, 9.17) is 26.1 Å². The molecule has 0 spiro atoms. The van der Waals surface area contributed by atoms with E-state index in [1.54, 1.807) is 22.9 Å². The number of nitrogens with two attached hydrogens (primary N) is 2. The summed E-state index contributed by atoms with van der Waals surface area (Å²) in [6.07, 6.45) is 3.77. The van der Waals surface area contributed by atoms with Gasteiger partial charge in [-0.05, 0) is 62.1 Å². The van der Waals surface area contributed by atoms with Crippen molar-refractivity contribution in [2.75, 3.05) is 11.5 Å². The zero-order chi connectivity index (χ0) is 24.6. The van der Waals surface area contributed by atoms with Gasteiger partial charge in [0.05, 0.1) is 22.6 Å². The minimum atomic E-state index is -0.310. The van der Waals surface area contributed by atoms with Crippen molar-refractivity contribution >= 4 is 44.9 Å². The number of oxazole rings is 1. The van der Waals surface area contributed by atoms with E-state index in [0.717, 1.165) is 28.7 Å². The van der Waals surface area contributed by atoms with Gasteiger partial charge in [-0.2, -0.15) is 15.2 Å². The van der Waals surface area contributed by atoms with Crippen molar-refractivity contribution in [2.45, 2.75) is 32.4 Å². The van der Waals surface area contributed by atoms with Crippen LogP contribution in [0.4, 0.5) is 16.2 Å². The molecule has 1 unspecified atom stereocenters.